The van der Waals surface area contributed by atoms with Crippen molar-refractivity contribution in [3.63, 3.8) is 0 Å². The normalized spacial score (nSPS) is 12.7. The Morgan fingerprint density at radius 2 is 2.00 bits per heavy atom. The molecule has 10 heteroatoms. The first-order chi connectivity index (χ1) is 16.6. The minimum atomic E-state index is -0.943. The number of nitrogens with zero attached hydrogens (tertiary/aromatic N) is 4. The van der Waals surface area contributed by atoms with Gasteiger partial charge < -0.3 is 19.4 Å². The topological polar surface area (TPSA) is 99.8 Å². The largest absolute Gasteiger partial charge is 0.494 e. The van der Waals surface area contributed by atoms with Gasteiger partial charge in [0.1, 0.15) is 17.3 Å². The summed E-state index contributed by atoms with van der Waals surface area (Å²) >= 11 is 0. The number of hydrazone groups is 1. The molecular weight excluding hydrogens is 444 g/mol. The number of nitrogens with one attached hydrogen (secondary N) is 1. The van der Waals surface area contributed by atoms with Gasteiger partial charge in [0.05, 0.1) is 42.9 Å². The Morgan fingerprint density at radius 1 is 1.15 bits per heavy atom. The molecule has 5 rings (SSSR count). The van der Waals surface area contributed by atoms with Gasteiger partial charge in [0.25, 0.3) is 0 Å². The molecule has 0 radical (unpaired) electrons. The summed E-state index contributed by atoms with van der Waals surface area (Å²) in [5.74, 6) is -0.281. The van der Waals surface area contributed by atoms with Crippen LogP contribution >= 0.6 is 0 Å². The molecule has 0 aliphatic carbocycles. The van der Waals surface area contributed by atoms with Gasteiger partial charge in [0.15, 0.2) is 17.4 Å². The highest BCUT2D eigenvalue weighted by Crippen LogP contribution is 2.26. The van der Waals surface area contributed by atoms with Crippen molar-refractivity contribution in [3.8, 4) is 28.4 Å². The van der Waals surface area contributed by atoms with Crippen LogP contribution in [0.15, 0.2) is 58.2 Å². The van der Waals surface area contributed by atoms with Crippen molar-refractivity contribution < 1.29 is 23.1 Å². The number of benzene rings is 2. The fourth-order valence-corrected chi connectivity index (χ4v) is 3.59. The van der Waals surface area contributed by atoms with Gasteiger partial charge in [-0.15, -0.1) is 0 Å². The second-order valence-corrected chi connectivity index (χ2v) is 7.74. The smallest absolute Gasteiger partial charge is 0.169 e. The van der Waals surface area contributed by atoms with Crippen LogP contribution in [0.5, 0.6) is 5.75 Å². The Kier molecular flexibility index (Phi) is 6.05. The number of halogens is 2. The number of aromatic amines is 1. The molecule has 3 heterocycles. The van der Waals surface area contributed by atoms with Gasteiger partial charge in [-0.25, -0.2) is 13.8 Å². The van der Waals surface area contributed by atoms with Crippen LogP contribution in [0.4, 0.5) is 8.78 Å². The van der Waals surface area contributed by atoms with Crippen molar-refractivity contribution >= 4 is 6.21 Å². The standard InChI is InChI=1S/C24H21F2N5O3/c25-19-4-1-3-18(23(19)26)24-28-21-12-27-31(14-22(21)29-24)13-17-11-20(30-34-17)15-5-7-16(8-6-15)33-10-2-9-32/h1,3-8,11-12,32H,2,9-10,13-14H2,(H,28,29). The van der Waals surface area contributed by atoms with Crippen LogP contribution in [-0.2, 0) is 13.1 Å². The Morgan fingerprint density at radius 3 is 2.82 bits per heavy atom. The van der Waals surface area contributed by atoms with Crippen LogP contribution < -0.4 is 4.74 Å². The highest BCUT2D eigenvalue weighted by atomic mass is 19.2. The molecule has 0 amide bonds. The Labute approximate surface area is 193 Å². The maximum absolute atomic E-state index is 14.1. The summed E-state index contributed by atoms with van der Waals surface area (Å²) in [7, 11) is 0. The van der Waals surface area contributed by atoms with E-state index >= 15 is 0 Å². The van der Waals surface area contributed by atoms with Gasteiger partial charge in [-0.3, -0.25) is 5.01 Å². The minimum absolute atomic E-state index is 0.0686. The van der Waals surface area contributed by atoms with Crippen molar-refractivity contribution in [1.29, 1.82) is 0 Å². The monoisotopic (exact) mass is 465 g/mol. The van der Waals surface area contributed by atoms with Crippen LogP contribution in [-0.4, -0.2) is 44.7 Å². The van der Waals surface area contributed by atoms with E-state index in [1.807, 2.05) is 30.3 Å². The van der Waals surface area contributed by atoms with Crippen molar-refractivity contribution in [2.75, 3.05) is 13.2 Å². The third kappa shape index (κ3) is 4.53. The van der Waals surface area contributed by atoms with Crippen LogP contribution in [0.2, 0.25) is 0 Å². The average molecular weight is 465 g/mol. The summed E-state index contributed by atoms with van der Waals surface area (Å²) < 4.78 is 38.7. The number of imidazole rings is 1. The predicted octanol–water partition coefficient (Wildman–Crippen LogP) is 4.12. The molecular formula is C24H21F2N5O3. The number of hydrogen-bond acceptors (Lipinski definition) is 7. The summed E-state index contributed by atoms with van der Waals surface area (Å²) in [6, 6.07) is 13.3. The molecule has 1 aliphatic heterocycles. The molecule has 1 aliphatic rings. The number of aliphatic hydroxyl groups is 1. The van der Waals surface area contributed by atoms with Gasteiger partial charge in [-0.1, -0.05) is 11.2 Å². The van der Waals surface area contributed by atoms with E-state index in [9.17, 15) is 8.78 Å². The Balaban J connectivity index is 1.24. The second kappa shape index (κ2) is 9.44. The van der Waals surface area contributed by atoms with Gasteiger partial charge >= 0.3 is 0 Å². The van der Waals surface area contributed by atoms with Crippen molar-refractivity contribution in [2.24, 2.45) is 5.10 Å². The summed E-state index contributed by atoms with van der Waals surface area (Å²) in [6.07, 6.45) is 2.18. The minimum Gasteiger partial charge on any atom is -0.494 e. The first-order valence-electron chi connectivity index (χ1n) is 10.7. The molecule has 2 aromatic carbocycles. The molecule has 4 aromatic rings. The third-order valence-corrected chi connectivity index (χ3v) is 5.32. The number of hydrogen-bond donors (Lipinski definition) is 2. The Hall–Kier alpha value is -4.05. The Bertz CT molecular complexity index is 1320. The molecule has 0 saturated heterocycles. The second-order valence-electron chi connectivity index (χ2n) is 7.74. The van der Waals surface area contributed by atoms with E-state index in [0.717, 1.165) is 17.4 Å². The number of aromatic nitrogens is 3. The van der Waals surface area contributed by atoms with Crippen LogP contribution in [0.25, 0.3) is 22.6 Å². The lowest BCUT2D eigenvalue weighted by atomic mass is 10.1. The number of H-pyrrole nitrogens is 1. The van der Waals surface area contributed by atoms with E-state index in [2.05, 4.69) is 20.2 Å². The summed E-state index contributed by atoms with van der Waals surface area (Å²) in [5, 5.41) is 19.1. The summed E-state index contributed by atoms with van der Waals surface area (Å²) in [4.78, 5) is 7.43. The van der Waals surface area contributed by atoms with Gasteiger partial charge in [0, 0.05) is 24.7 Å². The molecule has 174 valence electrons. The molecule has 34 heavy (non-hydrogen) atoms. The van der Waals surface area contributed by atoms with Gasteiger partial charge in [0.2, 0.25) is 0 Å². The van der Waals surface area contributed by atoms with Crippen molar-refractivity contribution in [2.45, 2.75) is 19.5 Å². The number of ether oxygens (including phenoxy) is 1. The zero-order chi connectivity index (χ0) is 23.5. The zero-order valence-electron chi connectivity index (χ0n) is 18.0. The number of rotatable bonds is 8. The zero-order valence-corrected chi connectivity index (χ0v) is 18.0. The molecule has 0 bridgehead atoms. The molecule has 0 unspecified atom stereocenters. The average Bonchev–Trinajstić information content (AvgIpc) is 3.48. The third-order valence-electron chi connectivity index (χ3n) is 5.32. The molecule has 2 aromatic heterocycles. The van der Waals surface area contributed by atoms with E-state index in [4.69, 9.17) is 14.4 Å². The van der Waals surface area contributed by atoms with E-state index in [1.165, 1.54) is 12.1 Å². The first kappa shape index (κ1) is 21.8. The molecule has 0 spiro atoms. The van der Waals surface area contributed by atoms with Crippen LogP contribution in [0.3, 0.4) is 0 Å². The maximum Gasteiger partial charge on any atom is 0.169 e. The molecule has 0 saturated carbocycles. The lowest BCUT2D eigenvalue weighted by Crippen LogP contribution is -2.21. The van der Waals surface area contributed by atoms with Crippen LogP contribution in [0.1, 0.15) is 23.6 Å². The molecule has 2 N–H and O–H groups in total. The number of aliphatic hydroxyl groups excluding tert-OH is 1. The van der Waals surface area contributed by atoms with E-state index < -0.39 is 11.6 Å². The SMILES string of the molecule is OCCCOc1ccc(-c2cc(CN3Cc4nc(-c5cccc(F)c5F)[nH]c4C=N3)on2)cc1. The molecule has 0 atom stereocenters. The first-order valence-corrected chi connectivity index (χ1v) is 10.7. The van der Waals surface area contributed by atoms with E-state index in [-0.39, 0.29) is 18.0 Å². The lowest BCUT2D eigenvalue weighted by Gasteiger charge is -2.19. The highest BCUT2D eigenvalue weighted by molar-refractivity contribution is 5.80. The van der Waals surface area contributed by atoms with Crippen LogP contribution in [0, 0.1) is 11.6 Å². The van der Waals surface area contributed by atoms with Gasteiger partial charge in [-0.05, 0) is 36.4 Å². The lowest BCUT2D eigenvalue weighted by molar-refractivity contribution is 0.229. The summed E-state index contributed by atoms with van der Waals surface area (Å²) in [5.41, 5.74) is 2.95. The fraction of sp³-hybridized carbons (Fsp3) is 0.208. The van der Waals surface area contributed by atoms with Crippen molar-refractivity contribution in [3.05, 3.63) is 77.3 Å². The maximum atomic E-state index is 14.1. The summed E-state index contributed by atoms with van der Waals surface area (Å²) in [6.45, 7) is 1.28. The fourth-order valence-electron chi connectivity index (χ4n) is 3.59. The molecule has 0 fully saturated rings. The van der Waals surface area contributed by atoms with Gasteiger partial charge in [-0.2, -0.15) is 5.10 Å². The molecule has 8 nitrogen and oxygen atoms in total. The highest BCUT2D eigenvalue weighted by Gasteiger charge is 2.21. The van der Waals surface area contributed by atoms with E-state index in [0.29, 0.717) is 49.0 Å². The van der Waals surface area contributed by atoms with E-state index in [1.54, 1.807) is 11.2 Å². The quantitative estimate of drug-likeness (QED) is 0.380. The predicted molar refractivity (Wildman–Crippen MR) is 120 cm³/mol. The van der Waals surface area contributed by atoms with Crippen molar-refractivity contribution in [1.82, 2.24) is 20.1 Å². The number of fused-ring (bicyclic) bond motifs is 1.